The van der Waals surface area contributed by atoms with E-state index in [2.05, 4.69) is 6.58 Å². The van der Waals surface area contributed by atoms with Crippen molar-refractivity contribution in [3.8, 4) is 28.4 Å². The van der Waals surface area contributed by atoms with Crippen LogP contribution in [0.1, 0.15) is 5.56 Å². The number of benzene rings is 4. The smallest absolute Gasteiger partial charge is 0.335 e. The van der Waals surface area contributed by atoms with Crippen molar-refractivity contribution in [3.05, 3.63) is 96.8 Å². The number of aliphatic carboxylic acids is 1. The number of methoxy groups -OCH3 is 1. The molecule has 31 heavy (non-hydrogen) atoms. The number of halogens is 1. The molecule has 0 amide bonds. The van der Waals surface area contributed by atoms with E-state index in [9.17, 15) is 9.18 Å². The SMILES string of the molecule is C=C(C(=O)O)c1ccc(Oc2c(-c3cccc(F)c3)ccc3cc(OC)ccc23)cc1. The Kier molecular flexibility index (Phi) is 5.41. The first-order valence-corrected chi connectivity index (χ1v) is 9.53. The minimum Gasteiger partial charge on any atom is -0.497 e. The molecule has 0 aromatic heterocycles. The van der Waals surface area contributed by atoms with Crippen LogP contribution in [0, 0.1) is 5.82 Å². The van der Waals surface area contributed by atoms with Crippen LogP contribution in [0.5, 0.6) is 17.2 Å². The Hall–Kier alpha value is -4.12. The van der Waals surface area contributed by atoms with Gasteiger partial charge < -0.3 is 14.6 Å². The normalized spacial score (nSPS) is 10.6. The van der Waals surface area contributed by atoms with Crippen LogP contribution in [-0.4, -0.2) is 18.2 Å². The van der Waals surface area contributed by atoms with Gasteiger partial charge in [0.2, 0.25) is 0 Å². The number of carbonyl (C=O) groups is 1. The molecule has 0 unspecified atom stereocenters. The van der Waals surface area contributed by atoms with Crippen molar-refractivity contribution in [1.29, 1.82) is 0 Å². The van der Waals surface area contributed by atoms with Gasteiger partial charge in [-0.05, 0) is 65.0 Å². The highest BCUT2D eigenvalue weighted by molar-refractivity contribution is 6.14. The van der Waals surface area contributed by atoms with Gasteiger partial charge in [-0.25, -0.2) is 9.18 Å². The third-order valence-corrected chi connectivity index (χ3v) is 4.99. The zero-order chi connectivity index (χ0) is 22.0. The van der Waals surface area contributed by atoms with E-state index in [0.717, 1.165) is 16.3 Å². The second kappa shape index (κ2) is 8.32. The predicted molar refractivity (Wildman–Crippen MR) is 119 cm³/mol. The Labute approximate surface area is 178 Å². The third-order valence-electron chi connectivity index (χ3n) is 4.99. The standard InChI is InChI=1S/C26H19FO4/c1-16(26(28)29)17-6-9-21(10-7-17)31-25-23(18-4-3-5-20(27)14-18)12-8-19-15-22(30-2)11-13-24(19)25/h3-15H,1H2,2H3,(H,28,29). The van der Waals surface area contributed by atoms with Gasteiger partial charge in [0.1, 0.15) is 23.1 Å². The van der Waals surface area contributed by atoms with Gasteiger partial charge in [0.15, 0.2) is 0 Å². The van der Waals surface area contributed by atoms with Gasteiger partial charge in [-0.15, -0.1) is 0 Å². The second-order valence-corrected chi connectivity index (χ2v) is 6.95. The van der Waals surface area contributed by atoms with Gasteiger partial charge in [-0.1, -0.05) is 36.9 Å². The lowest BCUT2D eigenvalue weighted by Gasteiger charge is -2.16. The zero-order valence-corrected chi connectivity index (χ0v) is 16.8. The van der Waals surface area contributed by atoms with E-state index >= 15 is 0 Å². The van der Waals surface area contributed by atoms with Crippen molar-refractivity contribution in [2.24, 2.45) is 0 Å². The first-order valence-electron chi connectivity index (χ1n) is 9.53. The number of ether oxygens (including phenoxy) is 2. The summed E-state index contributed by atoms with van der Waals surface area (Å²) in [6.07, 6.45) is 0. The van der Waals surface area contributed by atoms with Crippen molar-refractivity contribution >= 4 is 22.3 Å². The highest BCUT2D eigenvalue weighted by atomic mass is 19.1. The first-order chi connectivity index (χ1) is 15.0. The van der Waals surface area contributed by atoms with Crippen molar-refractivity contribution in [3.63, 3.8) is 0 Å². The summed E-state index contributed by atoms with van der Waals surface area (Å²) in [6.45, 7) is 3.57. The number of carboxylic acid groups (broad SMARTS) is 1. The van der Waals surface area contributed by atoms with Crippen LogP contribution in [-0.2, 0) is 4.79 Å². The van der Waals surface area contributed by atoms with Crippen LogP contribution >= 0.6 is 0 Å². The van der Waals surface area contributed by atoms with E-state index in [0.29, 0.717) is 28.4 Å². The van der Waals surface area contributed by atoms with E-state index < -0.39 is 5.97 Å². The molecular weight excluding hydrogens is 395 g/mol. The second-order valence-electron chi connectivity index (χ2n) is 6.95. The number of fused-ring (bicyclic) bond motifs is 1. The Morgan fingerprint density at radius 2 is 1.68 bits per heavy atom. The molecule has 4 rings (SSSR count). The molecule has 0 aliphatic heterocycles. The summed E-state index contributed by atoms with van der Waals surface area (Å²) in [5, 5.41) is 10.9. The molecule has 1 N–H and O–H groups in total. The molecule has 4 aromatic rings. The average Bonchev–Trinajstić information content (AvgIpc) is 2.78. The van der Waals surface area contributed by atoms with E-state index in [-0.39, 0.29) is 11.4 Å². The largest absolute Gasteiger partial charge is 0.497 e. The van der Waals surface area contributed by atoms with Crippen LogP contribution in [0.3, 0.4) is 0 Å². The minimum absolute atomic E-state index is 0.00394. The quantitative estimate of drug-likeness (QED) is 0.364. The minimum atomic E-state index is -1.08. The zero-order valence-electron chi connectivity index (χ0n) is 16.8. The van der Waals surface area contributed by atoms with Crippen LogP contribution in [0.2, 0.25) is 0 Å². The summed E-state index contributed by atoms with van der Waals surface area (Å²) in [5.41, 5.74) is 1.91. The fourth-order valence-electron chi connectivity index (χ4n) is 3.37. The molecule has 5 heteroatoms. The molecular formula is C26H19FO4. The van der Waals surface area contributed by atoms with E-state index in [1.807, 2.05) is 36.4 Å². The molecule has 0 saturated heterocycles. The summed E-state index contributed by atoms with van der Waals surface area (Å²) >= 11 is 0. The molecule has 0 atom stereocenters. The Balaban J connectivity index is 1.83. The number of rotatable bonds is 6. The molecule has 0 radical (unpaired) electrons. The lowest BCUT2D eigenvalue weighted by Crippen LogP contribution is -1.98. The Bertz CT molecular complexity index is 1290. The van der Waals surface area contributed by atoms with Gasteiger partial charge in [0.05, 0.1) is 12.7 Å². The van der Waals surface area contributed by atoms with E-state index in [4.69, 9.17) is 14.6 Å². The lowest BCUT2D eigenvalue weighted by molar-refractivity contribution is -0.130. The van der Waals surface area contributed by atoms with E-state index in [1.54, 1.807) is 37.4 Å². The first kappa shape index (κ1) is 20.2. The molecule has 154 valence electrons. The summed E-state index contributed by atoms with van der Waals surface area (Å²) in [4.78, 5) is 11.1. The monoisotopic (exact) mass is 414 g/mol. The van der Waals surface area contributed by atoms with Crippen molar-refractivity contribution < 1.29 is 23.8 Å². The molecule has 0 saturated carbocycles. The maximum absolute atomic E-state index is 13.9. The number of hydrogen-bond donors (Lipinski definition) is 1. The molecule has 0 bridgehead atoms. The Morgan fingerprint density at radius 1 is 0.935 bits per heavy atom. The maximum Gasteiger partial charge on any atom is 0.335 e. The van der Waals surface area contributed by atoms with Gasteiger partial charge in [0, 0.05) is 10.9 Å². The molecule has 0 spiro atoms. The van der Waals surface area contributed by atoms with Gasteiger partial charge in [-0.2, -0.15) is 0 Å². The summed E-state index contributed by atoms with van der Waals surface area (Å²) < 4.78 is 25.5. The van der Waals surface area contributed by atoms with Crippen molar-refractivity contribution in [2.75, 3.05) is 7.11 Å². The molecule has 4 aromatic carbocycles. The number of carboxylic acids is 1. The van der Waals surface area contributed by atoms with Crippen LogP contribution in [0.25, 0.3) is 27.5 Å². The molecule has 0 fully saturated rings. The summed E-state index contributed by atoms with van der Waals surface area (Å²) in [6, 6.07) is 22.4. The van der Waals surface area contributed by atoms with Crippen LogP contribution in [0.15, 0.2) is 85.4 Å². The summed E-state index contributed by atoms with van der Waals surface area (Å²) in [7, 11) is 1.60. The molecule has 0 aliphatic carbocycles. The summed E-state index contributed by atoms with van der Waals surface area (Å²) in [5.74, 6) is 0.381. The third kappa shape index (κ3) is 4.12. The van der Waals surface area contributed by atoms with Crippen molar-refractivity contribution in [1.82, 2.24) is 0 Å². The van der Waals surface area contributed by atoms with Gasteiger partial charge >= 0.3 is 5.97 Å². The lowest BCUT2D eigenvalue weighted by atomic mass is 9.99. The van der Waals surface area contributed by atoms with Crippen LogP contribution in [0.4, 0.5) is 4.39 Å². The average molecular weight is 414 g/mol. The fourth-order valence-corrected chi connectivity index (χ4v) is 3.37. The highest BCUT2D eigenvalue weighted by Gasteiger charge is 2.14. The van der Waals surface area contributed by atoms with E-state index in [1.165, 1.54) is 12.1 Å². The number of hydrogen-bond acceptors (Lipinski definition) is 3. The Morgan fingerprint density at radius 3 is 2.35 bits per heavy atom. The predicted octanol–water partition coefficient (Wildman–Crippen LogP) is 6.54. The van der Waals surface area contributed by atoms with Crippen molar-refractivity contribution in [2.45, 2.75) is 0 Å². The fraction of sp³-hybridized carbons (Fsp3) is 0.0385. The topological polar surface area (TPSA) is 55.8 Å². The highest BCUT2D eigenvalue weighted by Crippen LogP contribution is 2.40. The maximum atomic E-state index is 13.9. The van der Waals surface area contributed by atoms with Crippen LogP contribution < -0.4 is 9.47 Å². The van der Waals surface area contributed by atoms with Gasteiger partial charge in [-0.3, -0.25) is 0 Å². The molecule has 0 heterocycles. The molecule has 4 nitrogen and oxygen atoms in total. The van der Waals surface area contributed by atoms with Gasteiger partial charge in [0.25, 0.3) is 0 Å². The molecule has 0 aliphatic rings.